The lowest BCUT2D eigenvalue weighted by atomic mass is 10.1. The predicted octanol–water partition coefficient (Wildman–Crippen LogP) is 3.48. The van der Waals surface area contributed by atoms with Crippen LogP contribution in [-0.4, -0.2) is 16.4 Å². The van der Waals surface area contributed by atoms with Crippen molar-refractivity contribution < 1.29 is 4.74 Å². The first-order chi connectivity index (χ1) is 9.72. The van der Waals surface area contributed by atoms with Crippen LogP contribution < -0.4 is 0 Å². The molecule has 1 aromatic heterocycles. The summed E-state index contributed by atoms with van der Waals surface area (Å²) in [4.78, 5) is 0. The highest BCUT2D eigenvalue weighted by atomic mass is 16.5. The van der Waals surface area contributed by atoms with Crippen LogP contribution in [0, 0.1) is 11.3 Å². The highest BCUT2D eigenvalue weighted by Crippen LogP contribution is 2.12. The van der Waals surface area contributed by atoms with Crippen LogP contribution in [0.15, 0.2) is 36.7 Å². The Bertz CT molecular complexity index is 620. The number of benzene rings is 1. The summed E-state index contributed by atoms with van der Waals surface area (Å²) in [5, 5.41) is 13.0. The van der Waals surface area contributed by atoms with Crippen molar-refractivity contribution in [3.05, 3.63) is 53.3 Å². The van der Waals surface area contributed by atoms with Crippen molar-refractivity contribution in [3.8, 4) is 6.07 Å². The molecule has 0 aliphatic heterocycles. The van der Waals surface area contributed by atoms with Crippen molar-refractivity contribution >= 4 is 12.2 Å². The molecule has 102 valence electrons. The van der Waals surface area contributed by atoms with Gasteiger partial charge in [-0.1, -0.05) is 24.3 Å². The SMILES string of the molecule is CCOC(C)n1cc(/C=C/c2ccc(C#N)cc2)cn1. The first kappa shape index (κ1) is 14.0. The predicted molar refractivity (Wildman–Crippen MR) is 78.6 cm³/mol. The Balaban J connectivity index is 2.05. The molecule has 2 rings (SSSR count). The van der Waals surface area contributed by atoms with Crippen LogP contribution in [0.25, 0.3) is 12.2 Å². The van der Waals surface area contributed by atoms with E-state index < -0.39 is 0 Å². The number of hydrogen-bond donors (Lipinski definition) is 0. The minimum atomic E-state index is -0.0583. The second-order valence-electron chi connectivity index (χ2n) is 4.38. The third-order valence-corrected chi connectivity index (χ3v) is 2.91. The molecule has 4 nitrogen and oxygen atoms in total. The molecule has 0 saturated heterocycles. The lowest BCUT2D eigenvalue weighted by Crippen LogP contribution is -2.09. The Morgan fingerprint density at radius 3 is 2.65 bits per heavy atom. The van der Waals surface area contributed by atoms with E-state index in [0.29, 0.717) is 12.2 Å². The highest BCUT2D eigenvalue weighted by Gasteiger charge is 2.04. The lowest BCUT2D eigenvalue weighted by molar-refractivity contribution is 0.0159. The van der Waals surface area contributed by atoms with Crippen LogP contribution in [-0.2, 0) is 4.74 Å². The molecule has 0 bridgehead atoms. The van der Waals surface area contributed by atoms with Gasteiger partial charge in [0, 0.05) is 18.4 Å². The van der Waals surface area contributed by atoms with E-state index in [4.69, 9.17) is 10.00 Å². The summed E-state index contributed by atoms with van der Waals surface area (Å²) >= 11 is 0. The topological polar surface area (TPSA) is 50.8 Å². The number of nitrogens with zero attached hydrogens (tertiary/aromatic N) is 3. The smallest absolute Gasteiger partial charge is 0.147 e. The fourth-order valence-electron chi connectivity index (χ4n) is 1.82. The summed E-state index contributed by atoms with van der Waals surface area (Å²) in [5.74, 6) is 0. The molecule has 4 heteroatoms. The molecule has 0 N–H and O–H groups in total. The maximum atomic E-state index is 8.74. The van der Waals surface area contributed by atoms with Crippen molar-refractivity contribution in [2.45, 2.75) is 20.1 Å². The molecular formula is C16H17N3O. The van der Waals surface area contributed by atoms with Gasteiger partial charge in [-0.25, -0.2) is 4.68 Å². The Morgan fingerprint density at radius 2 is 2.00 bits per heavy atom. The van der Waals surface area contributed by atoms with Gasteiger partial charge in [0.25, 0.3) is 0 Å². The molecule has 0 spiro atoms. The van der Waals surface area contributed by atoms with Gasteiger partial charge in [0.2, 0.25) is 0 Å². The minimum absolute atomic E-state index is 0.0583. The first-order valence-electron chi connectivity index (χ1n) is 6.57. The average molecular weight is 267 g/mol. The van der Waals surface area contributed by atoms with Crippen LogP contribution in [0.3, 0.4) is 0 Å². The highest BCUT2D eigenvalue weighted by molar-refractivity contribution is 5.69. The van der Waals surface area contributed by atoms with Gasteiger partial charge in [0.15, 0.2) is 0 Å². The van der Waals surface area contributed by atoms with Gasteiger partial charge < -0.3 is 4.74 Å². The van der Waals surface area contributed by atoms with E-state index in [1.807, 2.05) is 44.3 Å². The maximum Gasteiger partial charge on any atom is 0.147 e. The number of ether oxygens (including phenoxy) is 1. The zero-order valence-electron chi connectivity index (χ0n) is 11.7. The first-order valence-corrected chi connectivity index (χ1v) is 6.57. The van der Waals surface area contributed by atoms with Crippen molar-refractivity contribution in [1.29, 1.82) is 5.26 Å². The Labute approximate surface area is 118 Å². The van der Waals surface area contributed by atoms with E-state index in [9.17, 15) is 0 Å². The molecular weight excluding hydrogens is 250 g/mol. The zero-order chi connectivity index (χ0) is 14.4. The van der Waals surface area contributed by atoms with Crippen LogP contribution in [0.4, 0.5) is 0 Å². The van der Waals surface area contributed by atoms with Crippen LogP contribution in [0.5, 0.6) is 0 Å². The van der Waals surface area contributed by atoms with E-state index in [1.165, 1.54) is 0 Å². The number of rotatable bonds is 5. The number of nitriles is 1. The van der Waals surface area contributed by atoms with Crippen LogP contribution in [0.2, 0.25) is 0 Å². The molecule has 0 amide bonds. The van der Waals surface area contributed by atoms with Gasteiger partial charge in [-0.3, -0.25) is 0 Å². The summed E-state index contributed by atoms with van der Waals surface area (Å²) in [6, 6.07) is 9.55. The Hall–Kier alpha value is -2.38. The lowest BCUT2D eigenvalue weighted by Gasteiger charge is -2.10. The van der Waals surface area contributed by atoms with Crippen molar-refractivity contribution in [2.75, 3.05) is 6.61 Å². The van der Waals surface area contributed by atoms with Crippen LogP contribution in [0.1, 0.15) is 36.8 Å². The number of hydrogen-bond acceptors (Lipinski definition) is 3. The second-order valence-corrected chi connectivity index (χ2v) is 4.38. The molecule has 0 saturated carbocycles. The molecule has 0 fully saturated rings. The third kappa shape index (κ3) is 3.56. The quantitative estimate of drug-likeness (QED) is 0.833. The van der Waals surface area contributed by atoms with Gasteiger partial charge in [-0.05, 0) is 31.5 Å². The monoisotopic (exact) mass is 267 g/mol. The summed E-state index contributed by atoms with van der Waals surface area (Å²) in [5.41, 5.74) is 2.73. The molecule has 20 heavy (non-hydrogen) atoms. The summed E-state index contributed by atoms with van der Waals surface area (Å²) in [6.07, 6.45) is 7.67. The van der Waals surface area contributed by atoms with E-state index in [2.05, 4.69) is 11.2 Å². The minimum Gasteiger partial charge on any atom is -0.357 e. The second kappa shape index (κ2) is 6.69. The Morgan fingerprint density at radius 1 is 1.30 bits per heavy atom. The van der Waals surface area contributed by atoms with E-state index in [-0.39, 0.29) is 6.23 Å². The third-order valence-electron chi connectivity index (χ3n) is 2.91. The van der Waals surface area contributed by atoms with Gasteiger partial charge in [-0.15, -0.1) is 0 Å². The summed E-state index contributed by atoms with van der Waals surface area (Å²) in [6.45, 7) is 4.59. The molecule has 0 radical (unpaired) electrons. The fourth-order valence-corrected chi connectivity index (χ4v) is 1.82. The standard InChI is InChI=1S/C16H17N3O/c1-3-20-13(2)19-12-16(11-18-19)9-6-14-4-7-15(10-17)8-5-14/h4-9,11-13H,3H2,1-2H3/b9-6+. The van der Waals surface area contributed by atoms with Crippen molar-refractivity contribution in [1.82, 2.24) is 9.78 Å². The summed E-state index contributed by atoms with van der Waals surface area (Å²) < 4.78 is 7.27. The molecule has 2 aromatic rings. The number of aromatic nitrogens is 2. The molecule has 1 aromatic carbocycles. The van der Waals surface area contributed by atoms with Gasteiger partial charge >= 0.3 is 0 Å². The normalized spacial score (nSPS) is 12.4. The van der Waals surface area contributed by atoms with Crippen molar-refractivity contribution in [2.24, 2.45) is 0 Å². The van der Waals surface area contributed by atoms with E-state index in [0.717, 1.165) is 11.1 Å². The largest absolute Gasteiger partial charge is 0.357 e. The fraction of sp³-hybridized carbons (Fsp3) is 0.250. The zero-order valence-corrected chi connectivity index (χ0v) is 11.7. The van der Waals surface area contributed by atoms with E-state index >= 15 is 0 Å². The van der Waals surface area contributed by atoms with Gasteiger partial charge in [0.1, 0.15) is 6.23 Å². The molecule has 0 aliphatic carbocycles. The summed E-state index contributed by atoms with van der Waals surface area (Å²) in [7, 11) is 0. The average Bonchev–Trinajstić information content (AvgIpc) is 2.95. The molecule has 1 heterocycles. The van der Waals surface area contributed by atoms with Gasteiger partial charge in [0.05, 0.1) is 17.8 Å². The Kier molecular flexibility index (Phi) is 4.70. The molecule has 0 aliphatic rings. The van der Waals surface area contributed by atoms with Gasteiger partial charge in [-0.2, -0.15) is 10.4 Å². The molecule has 1 atom stereocenters. The molecule has 1 unspecified atom stereocenters. The van der Waals surface area contributed by atoms with Crippen LogP contribution >= 0.6 is 0 Å². The maximum absolute atomic E-state index is 8.74. The van der Waals surface area contributed by atoms with E-state index in [1.54, 1.807) is 23.0 Å². The van der Waals surface area contributed by atoms with Crippen molar-refractivity contribution in [3.63, 3.8) is 0 Å².